The first-order valence-corrected chi connectivity index (χ1v) is 3.47. The molecule has 2 rings (SSSR count). The summed E-state index contributed by atoms with van der Waals surface area (Å²) in [6.45, 7) is 1.56. The lowest BCUT2D eigenvalue weighted by molar-refractivity contribution is 0.109. The van der Waals surface area contributed by atoms with E-state index in [9.17, 15) is 0 Å². The van der Waals surface area contributed by atoms with Gasteiger partial charge < -0.3 is 4.74 Å². The van der Waals surface area contributed by atoms with Crippen LogP contribution in [0.5, 0.6) is 0 Å². The highest BCUT2D eigenvalue weighted by Crippen LogP contribution is 2.12. The van der Waals surface area contributed by atoms with Crippen molar-refractivity contribution in [1.29, 1.82) is 0 Å². The van der Waals surface area contributed by atoms with E-state index in [4.69, 9.17) is 4.74 Å². The van der Waals surface area contributed by atoms with Gasteiger partial charge in [0.05, 0.1) is 13.2 Å². The summed E-state index contributed by atoms with van der Waals surface area (Å²) in [5, 5.41) is 0. The van der Waals surface area contributed by atoms with Crippen LogP contribution in [0, 0.1) is 0 Å². The molecule has 0 aromatic carbocycles. The zero-order chi connectivity index (χ0) is 6.81. The Morgan fingerprint density at radius 3 is 3.40 bits per heavy atom. The van der Waals surface area contributed by atoms with Crippen molar-refractivity contribution in [3.63, 3.8) is 0 Å². The van der Waals surface area contributed by atoms with E-state index in [0.29, 0.717) is 0 Å². The van der Waals surface area contributed by atoms with Crippen molar-refractivity contribution in [3.8, 4) is 0 Å². The van der Waals surface area contributed by atoms with E-state index in [1.807, 2.05) is 12.3 Å². The van der Waals surface area contributed by atoms with Crippen LogP contribution in [0.1, 0.15) is 11.3 Å². The molecular weight excluding hydrogens is 126 g/mol. The molecule has 52 valence electrons. The van der Waals surface area contributed by atoms with Crippen LogP contribution in [-0.2, 0) is 17.8 Å². The summed E-state index contributed by atoms with van der Waals surface area (Å²) in [6.07, 6.45) is 2.81. The summed E-state index contributed by atoms with van der Waals surface area (Å²) in [4.78, 5) is 4.24. The molecule has 0 atom stereocenters. The van der Waals surface area contributed by atoms with Crippen molar-refractivity contribution < 1.29 is 4.74 Å². The smallest absolute Gasteiger partial charge is 0.0734 e. The molecule has 1 aliphatic rings. The molecule has 0 aliphatic carbocycles. The van der Waals surface area contributed by atoms with E-state index >= 15 is 0 Å². The first-order chi connectivity index (χ1) is 4.97. The number of ether oxygens (including phenoxy) is 1. The van der Waals surface area contributed by atoms with Crippen LogP contribution < -0.4 is 0 Å². The monoisotopic (exact) mass is 135 g/mol. The third-order valence-corrected chi connectivity index (χ3v) is 1.73. The van der Waals surface area contributed by atoms with Crippen LogP contribution in [0.4, 0.5) is 0 Å². The van der Waals surface area contributed by atoms with Gasteiger partial charge in [-0.25, -0.2) is 0 Å². The number of pyridine rings is 1. The Labute approximate surface area is 59.9 Å². The lowest BCUT2D eigenvalue weighted by Crippen LogP contribution is -2.10. The summed E-state index contributed by atoms with van der Waals surface area (Å²) in [6, 6.07) is 4.02. The molecule has 0 saturated heterocycles. The van der Waals surface area contributed by atoms with Gasteiger partial charge >= 0.3 is 0 Å². The highest BCUT2D eigenvalue weighted by Gasteiger charge is 2.07. The minimum absolute atomic E-state index is 0.739. The molecule has 1 aromatic heterocycles. The van der Waals surface area contributed by atoms with Crippen molar-refractivity contribution in [2.45, 2.75) is 13.0 Å². The predicted molar refractivity (Wildman–Crippen MR) is 37.6 cm³/mol. The summed E-state index contributed by atoms with van der Waals surface area (Å²) >= 11 is 0. The molecular formula is C8H9NO. The van der Waals surface area contributed by atoms with Gasteiger partial charge in [-0.2, -0.15) is 0 Å². The molecule has 0 fully saturated rings. The lowest BCUT2D eigenvalue weighted by Gasteiger charge is -2.13. The quantitative estimate of drug-likeness (QED) is 0.532. The Kier molecular flexibility index (Phi) is 1.40. The van der Waals surface area contributed by atoms with Crippen LogP contribution in [0.2, 0.25) is 0 Å². The van der Waals surface area contributed by atoms with Gasteiger partial charge in [-0.1, -0.05) is 6.07 Å². The number of nitrogens with zero attached hydrogens (tertiary/aromatic N) is 1. The molecule has 0 saturated carbocycles. The van der Waals surface area contributed by atoms with Gasteiger partial charge in [0, 0.05) is 18.3 Å². The molecule has 0 spiro atoms. The van der Waals surface area contributed by atoms with Gasteiger partial charge in [-0.05, 0) is 11.6 Å². The Morgan fingerprint density at radius 1 is 1.50 bits per heavy atom. The number of hydrogen-bond donors (Lipinski definition) is 0. The van der Waals surface area contributed by atoms with Gasteiger partial charge in [-0.3, -0.25) is 4.98 Å². The zero-order valence-corrected chi connectivity index (χ0v) is 5.71. The van der Waals surface area contributed by atoms with E-state index in [1.165, 1.54) is 11.3 Å². The normalized spacial score (nSPS) is 16.4. The standard InChI is InChI=1S/C8H9NO/c1-2-7-6-10-5-3-8(7)9-4-1/h1-2,4H,3,5-6H2. The minimum Gasteiger partial charge on any atom is -0.376 e. The third kappa shape index (κ3) is 0.907. The summed E-state index contributed by atoms with van der Waals surface area (Å²) < 4.78 is 5.26. The molecule has 2 nitrogen and oxygen atoms in total. The van der Waals surface area contributed by atoms with Crippen LogP contribution in [-0.4, -0.2) is 11.6 Å². The van der Waals surface area contributed by atoms with Crippen molar-refractivity contribution in [2.24, 2.45) is 0 Å². The largest absolute Gasteiger partial charge is 0.376 e. The first-order valence-electron chi connectivity index (χ1n) is 3.47. The minimum atomic E-state index is 0.739. The van der Waals surface area contributed by atoms with E-state index in [0.717, 1.165) is 19.6 Å². The second-order valence-corrected chi connectivity index (χ2v) is 2.41. The molecule has 1 aromatic rings. The van der Waals surface area contributed by atoms with Crippen molar-refractivity contribution in [1.82, 2.24) is 4.98 Å². The highest BCUT2D eigenvalue weighted by molar-refractivity contribution is 5.20. The number of hydrogen-bond acceptors (Lipinski definition) is 2. The van der Waals surface area contributed by atoms with Crippen molar-refractivity contribution in [3.05, 3.63) is 29.6 Å². The van der Waals surface area contributed by atoms with Crippen LogP contribution >= 0.6 is 0 Å². The fourth-order valence-corrected chi connectivity index (χ4v) is 1.18. The average Bonchev–Trinajstić information content (AvgIpc) is 2.05. The van der Waals surface area contributed by atoms with E-state index in [1.54, 1.807) is 0 Å². The molecule has 0 bridgehead atoms. The van der Waals surface area contributed by atoms with Crippen LogP contribution in [0.15, 0.2) is 18.3 Å². The number of aromatic nitrogens is 1. The van der Waals surface area contributed by atoms with E-state index in [2.05, 4.69) is 11.1 Å². The predicted octanol–water partition coefficient (Wildman–Crippen LogP) is 1.15. The fourth-order valence-electron chi connectivity index (χ4n) is 1.18. The molecule has 2 heterocycles. The van der Waals surface area contributed by atoms with Gasteiger partial charge in [0.1, 0.15) is 0 Å². The summed E-state index contributed by atoms with van der Waals surface area (Å²) in [5.74, 6) is 0. The number of rotatable bonds is 0. The fraction of sp³-hybridized carbons (Fsp3) is 0.375. The first kappa shape index (κ1) is 5.86. The van der Waals surface area contributed by atoms with Gasteiger partial charge in [-0.15, -0.1) is 0 Å². The van der Waals surface area contributed by atoms with E-state index < -0.39 is 0 Å². The molecule has 10 heavy (non-hydrogen) atoms. The lowest BCUT2D eigenvalue weighted by atomic mass is 10.1. The van der Waals surface area contributed by atoms with Gasteiger partial charge in [0.25, 0.3) is 0 Å². The van der Waals surface area contributed by atoms with Crippen LogP contribution in [0.25, 0.3) is 0 Å². The third-order valence-electron chi connectivity index (χ3n) is 1.73. The topological polar surface area (TPSA) is 22.1 Å². The van der Waals surface area contributed by atoms with Gasteiger partial charge in [0.15, 0.2) is 0 Å². The Morgan fingerprint density at radius 2 is 2.50 bits per heavy atom. The highest BCUT2D eigenvalue weighted by atomic mass is 16.5. The SMILES string of the molecule is c1cnc2c(c1)COCC2. The molecule has 0 radical (unpaired) electrons. The Balaban J connectivity index is 2.41. The maximum absolute atomic E-state index is 5.26. The number of fused-ring (bicyclic) bond motifs is 1. The Hall–Kier alpha value is -0.890. The second-order valence-electron chi connectivity index (χ2n) is 2.41. The molecule has 0 amide bonds. The average molecular weight is 135 g/mol. The maximum atomic E-state index is 5.26. The molecule has 0 unspecified atom stereocenters. The summed E-state index contributed by atoms with van der Waals surface area (Å²) in [7, 11) is 0. The van der Waals surface area contributed by atoms with E-state index in [-0.39, 0.29) is 0 Å². The summed E-state index contributed by atoms with van der Waals surface area (Å²) in [5.41, 5.74) is 2.45. The zero-order valence-electron chi connectivity index (χ0n) is 5.71. The van der Waals surface area contributed by atoms with Crippen molar-refractivity contribution in [2.75, 3.05) is 6.61 Å². The molecule has 2 heteroatoms. The van der Waals surface area contributed by atoms with Crippen molar-refractivity contribution >= 4 is 0 Å². The maximum Gasteiger partial charge on any atom is 0.0734 e. The second kappa shape index (κ2) is 2.39. The van der Waals surface area contributed by atoms with Gasteiger partial charge in [0.2, 0.25) is 0 Å². The Bertz CT molecular complexity index is 209. The van der Waals surface area contributed by atoms with Crippen LogP contribution in [0.3, 0.4) is 0 Å². The molecule has 0 N–H and O–H groups in total. The molecule has 1 aliphatic heterocycles.